The summed E-state index contributed by atoms with van der Waals surface area (Å²) < 4.78 is 4.90. The summed E-state index contributed by atoms with van der Waals surface area (Å²) in [4.78, 5) is 4.32. The molecule has 1 aromatic rings. The smallest absolute Gasteiger partial charge is 0.166 e. The van der Waals surface area contributed by atoms with Crippen molar-refractivity contribution in [2.75, 3.05) is 20.3 Å². The first-order valence-electron chi connectivity index (χ1n) is 4.64. The van der Waals surface area contributed by atoms with Crippen LogP contribution in [0, 0.1) is 6.92 Å². The zero-order chi connectivity index (χ0) is 11.1. The van der Waals surface area contributed by atoms with Gasteiger partial charge >= 0.3 is 0 Å². The molecule has 84 valence electrons. The summed E-state index contributed by atoms with van der Waals surface area (Å²) in [6.45, 7) is 4.03. The predicted molar refractivity (Wildman–Crippen MR) is 66.2 cm³/mol. The highest BCUT2D eigenvalue weighted by Gasteiger charge is 1.99. The number of hydrogen-bond donors (Lipinski definition) is 2. The average Bonchev–Trinajstić information content (AvgIpc) is 2.62. The zero-order valence-corrected chi connectivity index (χ0v) is 10.5. The maximum atomic E-state index is 5.07. The molecule has 1 heterocycles. The number of aryl methyl sites for hydroxylation is 1. The molecule has 0 bridgehead atoms. The summed E-state index contributed by atoms with van der Waals surface area (Å²) in [5.41, 5.74) is 1.05. The van der Waals surface area contributed by atoms with E-state index in [2.05, 4.69) is 15.6 Å². The molecule has 1 aromatic heterocycles. The normalized spacial score (nSPS) is 10.0. The van der Waals surface area contributed by atoms with Crippen LogP contribution < -0.4 is 10.6 Å². The summed E-state index contributed by atoms with van der Waals surface area (Å²) in [6, 6.07) is 0. The topological polar surface area (TPSA) is 46.2 Å². The van der Waals surface area contributed by atoms with Crippen LogP contribution in [0.15, 0.2) is 5.38 Å². The third-order valence-electron chi connectivity index (χ3n) is 1.66. The Morgan fingerprint density at radius 1 is 1.60 bits per heavy atom. The van der Waals surface area contributed by atoms with Crippen LogP contribution in [0.1, 0.15) is 10.7 Å². The van der Waals surface area contributed by atoms with Crippen molar-refractivity contribution in [2.45, 2.75) is 13.5 Å². The van der Waals surface area contributed by atoms with Crippen LogP contribution in [0.4, 0.5) is 0 Å². The van der Waals surface area contributed by atoms with Crippen LogP contribution in [0.5, 0.6) is 0 Å². The molecular formula is C9H15N3OS2. The molecule has 2 N–H and O–H groups in total. The second-order valence-corrected chi connectivity index (χ2v) is 4.34. The highest BCUT2D eigenvalue weighted by Crippen LogP contribution is 2.07. The van der Waals surface area contributed by atoms with Crippen molar-refractivity contribution >= 4 is 28.7 Å². The van der Waals surface area contributed by atoms with Crippen molar-refractivity contribution in [3.8, 4) is 0 Å². The van der Waals surface area contributed by atoms with E-state index in [1.165, 1.54) is 0 Å². The number of rotatable bonds is 5. The lowest BCUT2D eigenvalue weighted by Gasteiger charge is -2.08. The molecule has 0 unspecified atom stereocenters. The van der Waals surface area contributed by atoms with Crippen LogP contribution in [0.25, 0.3) is 0 Å². The number of nitrogens with one attached hydrogen (secondary N) is 2. The van der Waals surface area contributed by atoms with E-state index in [0.29, 0.717) is 18.3 Å². The van der Waals surface area contributed by atoms with Gasteiger partial charge in [-0.05, 0) is 19.1 Å². The summed E-state index contributed by atoms with van der Waals surface area (Å²) in [5.74, 6) is 0. The van der Waals surface area contributed by atoms with E-state index >= 15 is 0 Å². The maximum Gasteiger partial charge on any atom is 0.166 e. The van der Waals surface area contributed by atoms with E-state index in [1.807, 2.05) is 12.3 Å². The van der Waals surface area contributed by atoms with E-state index in [9.17, 15) is 0 Å². The highest BCUT2D eigenvalue weighted by molar-refractivity contribution is 7.80. The fourth-order valence-electron chi connectivity index (χ4n) is 0.969. The van der Waals surface area contributed by atoms with Crippen molar-refractivity contribution in [3.63, 3.8) is 0 Å². The molecule has 0 atom stereocenters. The number of methoxy groups -OCH3 is 1. The third-order valence-corrected chi connectivity index (χ3v) is 2.91. The minimum Gasteiger partial charge on any atom is -0.383 e. The van der Waals surface area contributed by atoms with Gasteiger partial charge in [0.05, 0.1) is 13.2 Å². The number of thiazole rings is 1. The van der Waals surface area contributed by atoms with Crippen LogP contribution in [0.3, 0.4) is 0 Å². The lowest BCUT2D eigenvalue weighted by molar-refractivity contribution is 0.204. The summed E-state index contributed by atoms with van der Waals surface area (Å²) in [6.07, 6.45) is 0. The van der Waals surface area contributed by atoms with Crippen molar-refractivity contribution in [3.05, 3.63) is 16.1 Å². The van der Waals surface area contributed by atoms with E-state index in [0.717, 1.165) is 17.2 Å². The number of aromatic nitrogens is 1. The van der Waals surface area contributed by atoms with Gasteiger partial charge in [0.1, 0.15) is 5.01 Å². The molecule has 0 aliphatic rings. The Balaban J connectivity index is 2.16. The highest BCUT2D eigenvalue weighted by atomic mass is 32.1. The second-order valence-electron chi connectivity index (χ2n) is 2.98. The molecule has 4 nitrogen and oxygen atoms in total. The van der Waals surface area contributed by atoms with Crippen LogP contribution in [-0.2, 0) is 11.3 Å². The van der Waals surface area contributed by atoms with Crippen molar-refractivity contribution in [2.24, 2.45) is 0 Å². The van der Waals surface area contributed by atoms with Gasteiger partial charge in [-0.25, -0.2) is 4.98 Å². The monoisotopic (exact) mass is 245 g/mol. The minimum atomic E-state index is 0.639. The number of hydrogen-bond acceptors (Lipinski definition) is 4. The van der Waals surface area contributed by atoms with Crippen molar-refractivity contribution in [1.82, 2.24) is 15.6 Å². The summed E-state index contributed by atoms with van der Waals surface area (Å²) in [7, 11) is 1.66. The Morgan fingerprint density at radius 3 is 3.00 bits per heavy atom. The molecule has 0 spiro atoms. The second kappa shape index (κ2) is 6.71. The van der Waals surface area contributed by atoms with Gasteiger partial charge in [-0.2, -0.15) is 0 Å². The minimum absolute atomic E-state index is 0.639. The lowest BCUT2D eigenvalue weighted by Crippen LogP contribution is -2.36. The van der Waals surface area contributed by atoms with Gasteiger partial charge in [-0.3, -0.25) is 0 Å². The van der Waals surface area contributed by atoms with Crippen LogP contribution in [-0.4, -0.2) is 30.4 Å². The van der Waals surface area contributed by atoms with Crippen molar-refractivity contribution < 1.29 is 4.74 Å². The van der Waals surface area contributed by atoms with Gasteiger partial charge in [0, 0.05) is 24.7 Å². The molecule has 0 saturated heterocycles. The van der Waals surface area contributed by atoms with Gasteiger partial charge in [0.25, 0.3) is 0 Å². The fourth-order valence-corrected chi connectivity index (χ4v) is 1.85. The van der Waals surface area contributed by atoms with Crippen LogP contribution in [0.2, 0.25) is 0 Å². The molecule has 0 fully saturated rings. The quantitative estimate of drug-likeness (QED) is 0.600. The lowest BCUT2D eigenvalue weighted by atomic mass is 10.6. The van der Waals surface area contributed by atoms with Gasteiger partial charge in [-0.1, -0.05) is 0 Å². The molecular weight excluding hydrogens is 230 g/mol. The standard InChI is InChI=1S/C9H15N3OS2/c1-7-6-15-8(12-7)5-11-9(14)10-3-4-13-2/h6H,3-5H2,1-2H3,(H2,10,11,14). The third kappa shape index (κ3) is 5.06. The molecule has 0 amide bonds. The Labute approximate surface area is 99.1 Å². The van der Waals surface area contributed by atoms with Crippen molar-refractivity contribution in [1.29, 1.82) is 0 Å². The molecule has 0 aromatic carbocycles. The Hall–Kier alpha value is -0.720. The molecule has 0 saturated carbocycles. The molecule has 6 heteroatoms. The van der Waals surface area contributed by atoms with E-state index in [4.69, 9.17) is 17.0 Å². The largest absolute Gasteiger partial charge is 0.383 e. The first-order chi connectivity index (χ1) is 7.22. The molecule has 1 rings (SSSR count). The molecule has 0 aliphatic carbocycles. The van der Waals surface area contributed by atoms with Gasteiger partial charge < -0.3 is 15.4 Å². The van der Waals surface area contributed by atoms with E-state index in [1.54, 1.807) is 18.4 Å². The first kappa shape index (κ1) is 12.4. The van der Waals surface area contributed by atoms with Crippen LogP contribution >= 0.6 is 23.6 Å². The van der Waals surface area contributed by atoms with Gasteiger partial charge in [0.15, 0.2) is 5.11 Å². The SMILES string of the molecule is COCCNC(=S)NCc1nc(C)cs1. The van der Waals surface area contributed by atoms with Gasteiger partial charge in [0.2, 0.25) is 0 Å². The average molecular weight is 245 g/mol. The molecule has 0 radical (unpaired) electrons. The molecule has 15 heavy (non-hydrogen) atoms. The zero-order valence-electron chi connectivity index (χ0n) is 8.87. The Kier molecular flexibility index (Phi) is 5.52. The summed E-state index contributed by atoms with van der Waals surface area (Å²) in [5, 5.41) is 9.83. The van der Waals surface area contributed by atoms with E-state index in [-0.39, 0.29) is 0 Å². The number of thiocarbonyl (C=S) groups is 1. The fraction of sp³-hybridized carbons (Fsp3) is 0.556. The Bertz CT molecular complexity index is 314. The summed E-state index contributed by atoms with van der Waals surface area (Å²) >= 11 is 6.71. The van der Waals surface area contributed by atoms with Gasteiger partial charge in [-0.15, -0.1) is 11.3 Å². The molecule has 0 aliphatic heterocycles. The number of ether oxygens (including phenoxy) is 1. The number of nitrogens with zero attached hydrogens (tertiary/aromatic N) is 1. The Morgan fingerprint density at radius 2 is 2.40 bits per heavy atom. The maximum absolute atomic E-state index is 5.07. The first-order valence-corrected chi connectivity index (χ1v) is 5.93. The predicted octanol–water partition coefficient (Wildman–Crippen LogP) is 1.06. The van der Waals surface area contributed by atoms with E-state index < -0.39 is 0 Å².